The minimum absolute atomic E-state index is 0. The maximum atomic E-state index is 5.75. The van der Waals surface area contributed by atoms with Crippen molar-refractivity contribution >= 4 is 35.6 Å². The topological polar surface area (TPSA) is 64.1 Å². The van der Waals surface area contributed by atoms with Gasteiger partial charge >= 0.3 is 0 Å². The molecule has 152 valence electrons. The number of nitrogens with one attached hydrogen (secondary N) is 2. The van der Waals surface area contributed by atoms with E-state index in [0.717, 1.165) is 23.6 Å². The molecule has 2 N–H and O–H groups in total. The summed E-state index contributed by atoms with van der Waals surface area (Å²) in [5, 5.41) is 6.66. The Morgan fingerprint density at radius 1 is 1.07 bits per heavy atom. The summed E-state index contributed by atoms with van der Waals surface area (Å²) < 4.78 is 17.0. The van der Waals surface area contributed by atoms with E-state index < -0.39 is 0 Å². The predicted molar refractivity (Wildman–Crippen MR) is 123 cm³/mol. The van der Waals surface area contributed by atoms with E-state index in [9.17, 15) is 0 Å². The molecule has 6 nitrogen and oxygen atoms in total. The lowest BCUT2D eigenvalue weighted by Crippen LogP contribution is -2.30. The fraction of sp³-hybridized carbons (Fsp3) is 0.381. The highest BCUT2D eigenvalue weighted by Gasteiger charge is 2.11. The van der Waals surface area contributed by atoms with E-state index in [-0.39, 0.29) is 24.0 Å². The Morgan fingerprint density at radius 3 is 2.57 bits per heavy atom. The van der Waals surface area contributed by atoms with Gasteiger partial charge in [-0.1, -0.05) is 24.3 Å². The van der Waals surface area contributed by atoms with Gasteiger partial charge in [-0.25, -0.2) is 0 Å². The maximum Gasteiger partial charge on any atom is 0.195 e. The zero-order valence-corrected chi connectivity index (χ0v) is 18.7. The van der Waals surface area contributed by atoms with Crippen LogP contribution in [0.25, 0.3) is 0 Å². The predicted octanol–water partition coefficient (Wildman–Crippen LogP) is 4.19. The zero-order chi connectivity index (χ0) is 18.9. The van der Waals surface area contributed by atoms with Gasteiger partial charge in [0.2, 0.25) is 0 Å². The van der Waals surface area contributed by atoms with Gasteiger partial charge < -0.3 is 24.8 Å². The molecule has 1 heterocycles. The van der Waals surface area contributed by atoms with Crippen LogP contribution < -0.4 is 20.1 Å². The molecule has 0 unspecified atom stereocenters. The van der Waals surface area contributed by atoms with Crippen molar-refractivity contribution in [1.82, 2.24) is 5.32 Å². The maximum absolute atomic E-state index is 5.75. The van der Waals surface area contributed by atoms with Crippen LogP contribution in [-0.4, -0.2) is 32.8 Å². The van der Waals surface area contributed by atoms with Crippen LogP contribution in [0, 0.1) is 0 Å². The first-order chi connectivity index (χ1) is 13.3. The summed E-state index contributed by atoms with van der Waals surface area (Å²) in [5.41, 5.74) is 3.26. The molecule has 0 atom stereocenters. The van der Waals surface area contributed by atoms with Gasteiger partial charge in [0.25, 0.3) is 0 Å². The van der Waals surface area contributed by atoms with Crippen molar-refractivity contribution in [3.8, 4) is 11.5 Å². The lowest BCUT2D eigenvalue weighted by molar-refractivity contribution is 0.133. The van der Waals surface area contributed by atoms with Crippen LogP contribution in [0.15, 0.2) is 47.5 Å². The van der Waals surface area contributed by atoms with Gasteiger partial charge in [0.15, 0.2) is 17.5 Å². The molecular formula is C21H28IN3O3. The summed E-state index contributed by atoms with van der Waals surface area (Å²) in [6.45, 7) is 5.33. The molecule has 3 rings (SSSR count). The number of rotatable bonds is 6. The van der Waals surface area contributed by atoms with Crippen molar-refractivity contribution < 1.29 is 14.2 Å². The Kier molecular flexibility index (Phi) is 9.36. The van der Waals surface area contributed by atoms with Crippen LogP contribution >= 0.6 is 24.0 Å². The average Bonchev–Trinajstić information content (AvgIpc) is 2.95. The summed E-state index contributed by atoms with van der Waals surface area (Å²) in [5.74, 6) is 2.23. The first kappa shape index (κ1) is 22.3. The number of ether oxygens (including phenoxy) is 3. The number of aliphatic imine (C=N–C) groups is 1. The van der Waals surface area contributed by atoms with Gasteiger partial charge in [-0.15, -0.1) is 24.0 Å². The first-order valence-corrected chi connectivity index (χ1v) is 9.32. The number of guanidine groups is 1. The summed E-state index contributed by atoms with van der Waals surface area (Å²) in [6.07, 6.45) is 0.891. The van der Waals surface area contributed by atoms with Gasteiger partial charge in [-0.2, -0.15) is 0 Å². The fourth-order valence-electron chi connectivity index (χ4n) is 2.82. The third-order valence-corrected chi connectivity index (χ3v) is 4.26. The second-order valence-electron chi connectivity index (χ2n) is 6.17. The summed E-state index contributed by atoms with van der Waals surface area (Å²) in [4.78, 5) is 4.31. The van der Waals surface area contributed by atoms with Crippen LogP contribution in [0.4, 0.5) is 5.69 Å². The molecule has 0 radical (unpaired) electrons. The zero-order valence-electron chi connectivity index (χ0n) is 16.4. The lowest BCUT2D eigenvalue weighted by Gasteiger charge is -2.15. The highest BCUT2D eigenvalue weighted by atomic mass is 127. The van der Waals surface area contributed by atoms with E-state index in [1.807, 2.05) is 37.3 Å². The number of hydrogen-bond acceptors (Lipinski definition) is 4. The second kappa shape index (κ2) is 11.8. The molecule has 2 aromatic carbocycles. The van der Waals surface area contributed by atoms with Crippen LogP contribution in [0.5, 0.6) is 11.5 Å². The van der Waals surface area contributed by atoms with E-state index in [1.54, 1.807) is 7.05 Å². The quantitative estimate of drug-likeness (QED) is 0.356. The summed E-state index contributed by atoms with van der Waals surface area (Å²) in [6, 6.07) is 14.1. The number of nitrogens with zero attached hydrogens (tertiary/aromatic N) is 1. The van der Waals surface area contributed by atoms with E-state index in [0.29, 0.717) is 38.9 Å². The molecule has 0 spiro atoms. The highest BCUT2D eigenvalue weighted by molar-refractivity contribution is 14.0. The standard InChI is InChI=1S/C21H27N3O3.HI/c1-3-25-15-17-8-5-4-7-16(17)14-23-21(22-2)24-18-9-10-19-20(13-18)27-12-6-11-26-19;/h4-5,7-10,13H,3,6,11-12,14-15H2,1-2H3,(H2,22,23,24);1H. The fourth-order valence-corrected chi connectivity index (χ4v) is 2.82. The Labute approximate surface area is 183 Å². The van der Waals surface area contributed by atoms with Crippen molar-refractivity contribution in [3.05, 3.63) is 53.6 Å². The van der Waals surface area contributed by atoms with Gasteiger partial charge in [-0.3, -0.25) is 4.99 Å². The van der Waals surface area contributed by atoms with Crippen LogP contribution in [0.2, 0.25) is 0 Å². The third-order valence-electron chi connectivity index (χ3n) is 4.26. The molecule has 0 aliphatic carbocycles. The molecule has 28 heavy (non-hydrogen) atoms. The van der Waals surface area contributed by atoms with Crippen molar-refractivity contribution in [3.63, 3.8) is 0 Å². The molecule has 1 aliphatic rings. The Morgan fingerprint density at radius 2 is 1.82 bits per heavy atom. The first-order valence-electron chi connectivity index (χ1n) is 9.32. The smallest absolute Gasteiger partial charge is 0.195 e. The Balaban J connectivity index is 0.00000280. The van der Waals surface area contributed by atoms with Crippen LogP contribution in [0.1, 0.15) is 24.5 Å². The second-order valence-corrected chi connectivity index (χ2v) is 6.17. The largest absolute Gasteiger partial charge is 0.490 e. The molecule has 7 heteroatoms. The van der Waals surface area contributed by atoms with Gasteiger partial charge in [-0.05, 0) is 30.2 Å². The normalized spacial score (nSPS) is 13.3. The lowest BCUT2D eigenvalue weighted by atomic mass is 10.1. The van der Waals surface area contributed by atoms with E-state index in [1.165, 1.54) is 11.1 Å². The van der Waals surface area contributed by atoms with Gasteiger partial charge in [0, 0.05) is 38.4 Å². The molecule has 0 saturated heterocycles. The van der Waals surface area contributed by atoms with E-state index >= 15 is 0 Å². The van der Waals surface area contributed by atoms with Gasteiger partial charge in [0.05, 0.1) is 19.8 Å². The van der Waals surface area contributed by atoms with E-state index in [2.05, 4.69) is 27.8 Å². The van der Waals surface area contributed by atoms with Crippen LogP contribution in [0.3, 0.4) is 0 Å². The molecule has 0 amide bonds. The SMILES string of the molecule is CCOCc1ccccc1CNC(=NC)Nc1ccc2c(c1)OCCCO2.I. The number of halogens is 1. The minimum Gasteiger partial charge on any atom is -0.490 e. The highest BCUT2D eigenvalue weighted by Crippen LogP contribution is 2.32. The number of benzene rings is 2. The monoisotopic (exact) mass is 497 g/mol. The molecule has 0 aromatic heterocycles. The number of hydrogen-bond donors (Lipinski definition) is 2. The average molecular weight is 497 g/mol. The molecule has 0 bridgehead atoms. The van der Waals surface area contributed by atoms with Crippen molar-refractivity contribution in [2.24, 2.45) is 4.99 Å². The Hall–Kier alpha value is -2.00. The molecule has 0 fully saturated rings. The molecular weight excluding hydrogens is 469 g/mol. The Bertz CT molecular complexity index is 783. The molecule has 0 saturated carbocycles. The van der Waals surface area contributed by atoms with Crippen molar-refractivity contribution in [2.75, 3.05) is 32.2 Å². The van der Waals surface area contributed by atoms with Crippen molar-refractivity contribution in [1.29, 1.82) is 0 Å². The number of fused-ring (bicyclic) bond motifs is 1. The molecule has 2 aromatic rings. The van der Waals surface area contributed by atoms with Crippen LogP contribution in [-0.2, 0) is 17.9 Å². The number of anilines is 1. The van der Waals surface area contributed by atoms with Gasteiger partial charge in [0.1, 0.15) is 0 Å². The minimum atomic E-state index is 0. The summed E-state index contributed by atoms with van der Waals surface area (Å²) >= 11 is 0. The van der Waals surface area contributed by atoms with Crippen molar-refractivity contribution in [2.45, 2.75) is 26.5 Å². The summed E-state index contributed by atoms with van der Waals surface area (Å²) in [7, 11) is 1.75. The molecule has 1 aliphatic heterocycles. The van der Waals surface area contributed by atoms with E-state index in [4.69, 9.17) is 14.2 Å². The third kappa shape index (κ3) is 6.27.